The van der Waals surface area contributed by atoms with Gasteiger partial charge >= 0.3 is 0 Å². The molecule has 1 saturated carbocycles. The number of halogens is 3. The van der Waals surface area contributed by atoms with Gasteiger partial charge in [0.1, 0.15) is 17.5 Å². The Kier molecular flexibility index (Phi) is 7.55. The van der Waals surface area contributed by atoms with Gasteiger partial charge in [0.25, 0.3) is 0 Å². The third-order valence-electron chi connectivity index (χ3n) is 7.23. The lowest BCUT2D eigenvalue weighted by atomic mass is 9.77. The maximum Gasteiger partial charge on any atom is 0.129 e. The van der Waals surface area contributed by atoms with Gasteiger partial charge in [0.15, 0.2) is 0 Å². The van der Waals surface area contributed by atoms with Crippen LogP contribution in [-0.2, 0) is 12.8 Å². The van der Waals surface area contributed by atoms with E-state index in [9.17, 15) is 13.2 Å². The summed E-state index contributed by atoms with van der Waals surface area (Å²) in [7, 11) is 0. The van der Waals surface area contributed by atoms with E-state index < -0.39 is 11.6 Å². The predicted molar refractivity (Wildman–Crippen MR) is 127 cm³/mol. The van der Waals surface area contributed by atoms with Gasteiger partial charge in [-0.25, -0.2) is 13.2 Å². The Morgan fingerprint density at radius 3 is 2.16 bits per heavy atom. The minimum absolute atomic E-state index is 0.168. The highest BCUT2D eigenvalue weighted by Gasteiger charge is 2.24. The minimum atomic E-state index is -0.423. The van der Waals surface area contributed by atoms with Crippen molar-refractivity contribution in [2.24, 2.45) is 5.92 Å². The van der Waals surface area contributed by atoms with E-state index in [2.05, 4.69) is 6.92 Å². The van der Waals surface area contributed by atoms with Crippen molar-refractivity contribution in [3.05, 3.63) is 82.7 Å². The van der Waals surface area contributed by atoms with Crippen LogP contribution in [0.15, 0.2) is 48.5 Å². The second-order valence-electron chi connectivity index (χ2n) is 9.50. The van der Waals surface area contributed by atoms with Gasteiger partial charge in [-0.3, -0.25) is 0 Å². The number of benzene rings is 3. The Labute approximate surface area is 189 Å². The van der Waals surface area contributed by atoms with E-state index in [1.54, 1.807) is 18.2 Å². The Morgan fingerprint density at radius 1 is 0.750 bits per heavy atom. The average Bonchev–Trinajstić information content (AvgIpc) is 2.79. The Morgan fingerprint density at radius 2 is 1.44 bits per heavy atom. The first-order chi connectivity index (χ1) is 15.5. The molecule has 1 aliphatic rings. The van der Waals surface area contributed by atoms with Gasteiger partial charge in [0.05, 0.1) is 0 Å². The normalized spacial score (nSPS) is 18.9. The van der Waals surface area contributed by atoms with E-state index in [0.29, 0.717) is 12.8 Å². The number of fused-ring (bicyclic) bond motifs is 1. The molecule has 1 fully saturated rings. The summed E-state index contributed by atoms with van der Waals surface area (Å²) in [5.41, 5.74) is 1.98. The fourth-order valence-electron chi connectivity index (χ4n) is 5.26. The number of rotatable bonds is 8. The zero-order valence-electron chi connectivity index (χ0n) is 19.0. The summed E-state index contributed by atoms with van der Waals surface area (Å²) < 4.78 is 43.1. The molecule has 3 aromatic rings. The molecule has 0 aliphatic heterocycles. The third kappa shape index (κ3) is 5.54. The highest BCUT2D eigenvalue weighted by atomic mass is 19.1. The number of unbranched alkanes of at least 4 members (excludes halogenated alkanes) is 2. The molecule has 4 rings (SSSR count). The zero-order chi connectivity index (χ0) is 22.5. The lowest BCUT2D eigenvalue weighted by Crippen LogP contribution is -2.14. The summed E-state index contributed by atoms with van der Waals surface area (Å²) in [4.78, 5) is 0. The molecule has 0 atom stereocenters. The molecule has 0 nitrogen and oxygen atoms in total. The van der Waals surface area contributed by atoms with Gasteiger partial charge in [-0.15, -0.1) is 0 Å². The molecule has 0 heterocycles. The van der Waals surface area contributed by atoms with Crippen molar-refractivity contribution < 1.29 is 13.2 Å². The van der Waals surface area contributed by atoms with Crippen LogP contribution in [0.5, 0.6) is 0 Å². The van der Waals surface area contributed by atoms with E-state index in [1.165, 1.54) is 50.7 Å². The van der Waals surface area contributed by atoms with Gasteiger partial charge in [0, 0.05) is 5.56 Å². The van der Waals surface area contributed by atoms with E-state index in [4.69, 9.17) is 0 Å². The monoisotopic (exact) mass is 438 g/mol. The zero-order valence-corrected chi connectivity index (χ0v) is 19.0. The van der Waals surface area contributed by atoms with Crippen LogP contribution in [-0.4, -0.2) is 0 Å². The second kappa shape index (κ2) is 10.6. The van der Waals surface area contributed by atoms with Crippen LogP contribution in [0.3, 0.4) is 0 Å². The summed E-state index contributed by atoms with van der Waals surface area (Å²) in [5, 5.41) is 1.76. The largest absolute Gasteiger partial charge is 0.207 e. The van der Waals surface area contributed by atoms with Gasteiger partial charge < -0.3 is 0 Å². The first kappa shape index (κ1) is 22.9. The molecule has 0 saturated heterocycles. The minimum Gasteiger partial charge on any atom is -0.207 e. The van der Waals surface area contributed by atoms with E-state index in [1.807, 2.05) is 18.2 Å². The van der Waals surface area contributed by atoms with Crippen molar-refractivity contribution in [3.8, 4) is 0 Å². The van der Waals surface area contributed by atoms with Gasteiger partial charge in [-0.1, -0.05) is 56.9 Å². The molecular formula is C29H33F3. The van der Waals surface area contributed by atoms with Crippen LogP contribution in [0.25, 0.3) is 10.8 Å². The molecule has 0 unspecified atom stereocenters. The predicted octanol–water partition coefficient (Wildman–Crippen LogP) is 8.90. The molecule has 3 aromatic carbocycles. The van der Waals surface area contributed by atoms with Crippen LogP contribution in [0.2, 0.25) is 0 Å². The summed E-state index contributed by atoms with van der Waals surface area (Å²) in [5.74, 6) is -0.0538. The van der Waals surface area contributed by atoms with Crippen LogP contribution in [0, 0.1) is 23.4 Å². The average molecular weight is 439 g/mol. The Balaban J connectivity index is 1.38. The number of hydrogen-bond acceptors (Lipinski definition) is 0. The summed E-state index contributed by atoms with van der Waals surface area (Å²) in [6.07, 6.45) is 10.4. The topological polar surface area (TPSA) is 0 Å². The van der Waals surface area contributed by atoms with Crippen molar-refractivity contribution in [3.63, 3.8) is 0 Å². The molecule has 3 heteroatoms. The van der Waals surface area contributed by atoms with Gasteiger partial charge in [0.2, 0.25) is 0 Å². The highest BCUT2D eigenvalue weighted by molar-refractivity contribution is 5.83. The van der Waals surface area contributed by atoms with Crippen molar-refractivity contribution in [2.75, 3.05) is 0 Å². The van der Waals surface area contributed by atoms with E-state index >= 15 is 0 Å². The molecule has 32 heavy (non-hydrogen) atoms. The summed E-state index contributed by atoms with van der Waals surface area (Å²) in [6, 6.07) is 13.6. The fraction of sp³-hybridized carbons (Fsp3) is 0.448. The quantitative estimate of drug-likeness (QED) is 0.308. The molecule has 0 amide bonds. The smallest absolute Gasteiger partial charge is 0.129 e. The van der Waals surface area contributed by atoms with Crippen molar-refractivity contribution >= 4 is 10.8 Å². The lowest BCUT2D eigenvalue weighted by Gasteiger charge is -2.29. The molecule has 0 spiro atoms. The molecule has 0 N–H and O–H groups in total. The Hall–Kier alpha value is -2.29. The second-order valence-corrected chi connectivity index (χ2v) is 9.50. The first-order valence-corrected chi connectivity index (χ1v) is 12.2. The summed E-state index contributed by atoms with van der Waals surface area (Å²) in [6.45, 7) is 2.23. The maximum atomic E-state index is 14.9. The van der Waals surface area contributed by atoms with Crippen LogP contribution < -0.4 is 0 Å². The van der Waals surface area contributed by atoms with Crippen LogP contribution >= 0.6 is 0 Å². The summed E-state index contributed by atoms with van der Waals surface area (Å²) >= 11 is 0. The Bertz CT molecular complexity index is 1020. The standard InChI is InChI=1S/C29H33F3/c1-2-3-4-5-20-6-10-22(11-7-20)25-18-28(31)27(29(32)19-25)15-9-21-8-12-24-17-26(30)14-13-23(24)16-21/h8,12-14,16-20,22H,2-7,9-11,15H2,1H3/t20-,22-. The molecule has 0 bridgehead atoms. The molecular weight excluding hydrogens is 405 g/mol. The number of hydrogen-bond donors (Lipinski definition) is 0. The first-order valence-electron chi connectivity index (χ1n) is 12.2. The van der Waals surface area contributed by atoms with E-state index in [-0.39, 0.29) is 17.3 Å². The van der Waals surface area contributed by atoms with E-state index in [0.717, 1.165) is 40.7 Å². The van der Waals surface area contributed by atoms with Crippen molar-refractivity contribution in [1.82, 2.24) is 0 Å². The van der Waals surface area contributed by atoms with Crippen LogP contribution in [0.1, 0.15) is 80.9 Å². The molecule has 1 aliphatic carbocycles. The highest BCUT2D eigenvalue weighted by Crippen LogP contribution is 2.38. The molecule has 170 valence electrons. The SMILES string of the molecule is CCCCC[C@H]1CC[C@H](c2cc(F)c(CCc3ccc4cc(F)ccc4c3)c(F)c2)CC1. The van der Waals surface area contributed by atoms with Gasteiger partial charge in [-0.05, 0) is 96.5 Å². The van der Waals surface area contributed by atoms with Crippen LogP contribution in [0.4, 0.5) is 13.2 Å². The number of aryl methyl sites for hydroxylation is 1. The molecule has 0 aromatic heterocycles. The fourth-order valence-corrected chi connectivity index (χ4v) is 5.26. The van der Waals surface area contributed by atoms with Gasteiger partial charge in [-0.2, -0.15) is 0 Å². The lowest BCUT2D eigenvalue weighted by molar-refractivity contribution is 0.302. The van der Waals surface area contributed by atoms with Crippen molar-refractivity contribution in [2.45, 2.75) is 77.0 Å². The van der Waals surface area contributed by atoms with Crippen molar-refractivity contribution in [1.29, 1.82) is 0 Å². The maximum absolute atomic E-state index is 14.9. The molecule has 0 radical (unpaired) electrons. The third-order valence-corrected chi connectivity index (χ3v) is 7.23.